The normalized spacial score (nSPS) is 9.94. The Morgan fingerprint density at radius 3 is 2.82 bits per heavy atom. The standard InChI is InChI=1S/C10H9N3O3S/c1-15-10(14)8-2-12-9(3-11-8)16-4-7-5-17-6-13-7/h2-3,5-6H,4H2,1H3. The number of ether oxygens (including phenoxy) is 2. The molecule has 0 saturated heterocycles. The van der Waals surface area contributed by atoms with E-state index in [1.165, 1.54) is 30.8 Å². The van der Waals surface area contributed by atoms with Crippen LogP contribution in [-0.4, -0.2) is 28.0 Å². The van der Waals surface area contributed by atoms with E-state index in [-0.39, 0.29) is 5.69 Å². The second-order valence-corrected chi connectivity index (χ2v) is 3.72. The smallest absolute Gasteiger partial charge is 0.358 e. The largest absolute Gasteiger partial charge is 0.470 e. The zero-order chi connectivity index (χ0) is 12.1. The molecule has 7 heteroatoms. The summed E-state index contributed by atoms with van der Waals surface area (Å²) in [7, 11) is 1.29. The van der Waals surface area contributed by atoms with Crippen molar-refractivity contribution >= 4 is 17.3 Å². The molecule has 0 radical (unpaired) electrons. The van der Waals surface area contributed by atoms with Gasteiger partial charge in [0.05, 0.1) is 30.7 Å². The van der Waals surface area contributed by atoms with E-state index in [1.54, 1.807) is 5.51 Å². The molecule has 0 aliphatic carbocycles. The minimum absolute atomic E-state index is 0.147. The number of carbonyl (C=O) groups excluding carboxylic acids is 1. The lowest BCUT2D eigenvalue weighted by atomic mass is 10.4. The fraction of sp³-hybridized carbons (Fsp3) is 0.200. The van der Waals surface area contributed by atoms with Crippen LogP contribution in [0.25, 0.3) is 0 Å². The minimum atomic E-state index is -0.524. The summed E-state index contributed by atoms with van der Waals surface area (Å²) in [5.41, 5.74) is 2.70. The molecule has 0 aliphatic heterocycles. The van der Waals surface area contributed by atoms with Crippen LogP contribution in [0.4, 0.5) is 0 Å². The van der Waals surface area contributed by atoms with Gasteiger partial charge in [0, 0.05) is 5.38 Å². The first-order valence-corrected chi connectivity index (χ1v) is 5.64. The number of hydrogen-bond acceptors (Lipinski definition) is 7. The van der Waals surface area contributed by atoms with Gasteiger partial charge in [0.2, 0.25) is 5.88 Å². The van der Waals surface area contributed by atoms with Crippen molar-refractivity contribution in [3.63, 3.8) is 0 Å². The lowest BCUT2D eigenvalue weighted by Gasteiger charge is -2.03. The van der Waals surface area contributed by atoms with E-state index in [2.05, 4.69) is 19.7 Å². The zero-order valence-electron chi connectivity index (χ0n) is 8.99. The van der Waals surface area contributed by atoms with Gasteiger partial charge in [-0.3, -0.25) is 0 Å². The quantitative estimate of drug-likeness (QED) is 0.762. The first-order valence-electron chi connectivity index (χ1n) is 4.70. The average molecular weight is 251 g/mol. The summed E-state index contributed by atoms with van der Waals surface area (Å²) >= 11 is 1.50. The molecular weight excluding hydrogens is 242 g/mol. The summed E-state index contributed by atoms with van der Waals surface area (Å²) in [4.78, 5) is 23.0. The summed E-state index contributed by atoms with van der Waals surface area (Å²) in [6, 6.07) is 0. The Morgan fingerprint density at radius 2 is 2.24 bits per heavy atom. The second-order valence-electron chi connectivity index (χ2n) is 3.00. The fourth-order valence-corrected chi connectivity index (χ4v) is 1.60. The van der Waals surface area contributed by atoms with Crippen molar-refractivity contribution in [1.82, 2.24) is 15.0 Å². The Kier molecular flexibility index (Phi) is 3.61. The molecule has 2 heterocycles. The highest BCUT2D eigenvalue weighted by Crippen LogP contribution is 2.08. The van der Waals surface area contributed by atoms with Gasteiger partial charge in [0.25, 0.3) is 0 Å². The summed E-state index contributed by atoms with van der Waals surface area (Å²) in [6.07, 6.45) is 2.68. The molecule has 88 valence electrons. The molecule has 2 aromatic heterocycles. The Labute approximate surface area is 101 Å². The monoisotopic (exact) mass is 251 g/mol. The number of esters is 1. The van der Waals surface area contributed by atoms with Crippen molar-refractivity contribution in [3.05, 3.63) is 34.7 Å². The van der Waals surface area contributed by atoms with E-state index in [1.807, 2.05) is 5.38 Å². The maximum atomic E-state index is 11.1. The van der Waals surface area contributed by atoms with Crippen LogP contribution >= 0.6 is 11.3 Å². The predicted octanol–water partition coefficient (Wildman–Crippen LogP) is 1.30. The van der Waals surface area contributed by atoms with E-state index in [0.717, 1.165) is 5.69 Å². The van der Waals surface area contributed by atoms with Gasteiger partial charge in [0.15, 0.2) is 5.69 Å². The summed E-state index contributed by atoms with van der Waals surface area (Å²) in [5, 5.41) is 1.89. The van der Waals surface area contributed by atoms with Gasteiger partial charge < -0.3 is 9.47 Å². The second kappa shape index (κ2) is 5.35. The molecule has 0 aromatic carbocycles. The fourth-order valence-electron chi connectivity index (χ4n) is 1.06. The maximum Gasteiger partial charge on any atom is 0.358 e. The third kappa shape index (κ3) is 2.97. The van der Waals surface area contributed by atoms with Crippen molar-refractivity contribution in [1.29, 1.82) is 0 Å². The number of thiazole rings is 1. The van der Waals surface area contributed by atoms with Crippen LogP contribution in [0.5, 0.6) is 5.88 Å². The third-order valence-corrected chi connectivity index (χ3v) is 2.51. The number of rotatable bonds is 4. The van der Waals surface area contributed by atoms with Crippen LogP contribution in [0.1, 0.15) is 16.2 Å². The molecule has 2 aromatic rings. The number of aromatic nitrogens is 3. The molecular formula is C10H9N3O3S. The molecule has 0 saturated carbocycles. The predicted molar refractivity (Wildman–Crippen MR) is 59.8 cm³/mol. The lowest BCUT2D eigenvalue weighted by molar-refractivity contribution is 0.0593. The number of hydrogen-bond donors (Lipinski definition) is 0. The third-order valence-electron chi connectivity index (χ3n) is 1.87. The van der Waals surface area contributed by atoms with Gasteiger partial charge in [-0.05, 0) is 0 Å². The van der Waals surface area contributed by atoms with Gasteiger partial charge >= 0.3 is 5.97 Å². The van der Waals surface area contributed by atoms with Crippen LogP contribution in [0.3, 0.4) is 0 Å². The Balaban J connectivity index is 1.96. The first kappa shape index (κ1) is 11.5. The van der Waals surface area contributed by atoms with Gasteiger partial charge in [0.1, 0.15) is 6.61 Å². The zero-order valence-corrected chi connectivity index (χ0v) is 9.81. The number of nitrogens with zero attached hydrogens (tertiary/aromatic N) is 3. The van der Waals surface area contributed by atoms with Crippen molar-refractivity contribution in [3.8, 4) is 5.88 Å². The summed E-state index contributed by atoms with van der Waals surface area (Å²) in [5.74, 6) is -0.186. The van der Waals surface area contributed by atoms with Gasteiger partial charge in [-0.15, -0.1) is 11.3 Å². The SMILES string of the molecule is COC(=O)c1cnc(OCc2cscn2)cn1. The summed E-state index contributed by atoms with van der Waals surface area (Å²) in [6.45, 7) is 0.329. The van der Waals surface area contributed by atoms with E-state index in [4.69, 9.17) is 4.74 Å². The number of carbonyl (C=O) groups is 1. The molecule has 6 nitrogen and oxygen atoms in total. The Morgan fingerprint density at radius 1 is 1.35 bits per heavy atom. The molecule has 0 atom stereocenters. The van der Waals surface area contributed by atoms with Crippen LogP contribution in [0.15, 0.2) is 23.3 Å². The first-order chi connectivity index (χ1) is 8.29. The van der Waals surface area contributed by atoms with Crippen LogP contribution in [0, 0.1) is 0 Å². The van der Waals surface area contributed by atoms with Crippen molar-refractivity contribution in [2.45, 2.75) is 6.61 Å². The molecule has 0 bridgehead atoms. The van der Waals surface area contributed by atoms with E-state index in [0.29, 0.717) is 12.5 Å². The topological polar surface area (TPSA) is 74.2 Å². The molecule has 0 fully saturated rings. The Bertz CT molecular complexity index is 484. The van der Waals surface area contributed by atoms with E-state index >= 15 is 0 Å². The molecule has 0 amide bonds. The molecule has 17 heavy (non-hydrogen) atoms. The van der Waals surface area contributed by atoms with Crippen LogP contribution in [0.2, 0.25) is 0 Å². The molecule has 0 unspecified atom stereocenters. The van der Waals surface area contributed by atoms with E-state index < -0.39 is 5.97 Å². The molecule has 0 aliphatic rings. The van der Waals surface area contributed by atoms with Gasteiger partial charge in [-0.25, -0.2) is 19.7 Å². The highest BCUT2D eigenvalue weighted by molar-refractivity contribution is 7.07. The highest BCUT2D eigenvalue weighted by Gasteiger charge is 2.07. The van der Waals surface area contributed by atoms with Crippen LogP contribution in [-0.2, 0) is 11.3 Å². The van der Waals surface area contributed by atoms with Gasteiger partial charge in [-0.1, -0.05) is 0 Å². The molecule has 0 N–H and O–H groups in total. The summed E-state index contributed by atoms with van der Waals surface area (Å²) < 4.78 is 9.84. The average Bonchev–Trinajstić information content (AvgIpc) is 2.89. The van der Waals surface area contributed by atoms with Crippen molar-refractivity contribution in [2.75, 3.05) is 7.11 Å². The lowest BCUT2D eigenvalue weighted by Crippen LogP contribution is -2.05. The Hall–Kier alpha value is -2.02. The number of methoxy groups -OCH3 is 1. The highest BCUT2D eigenvalue weighted by atomic mass is 32.1. The van der Waals surface area contributed by atoms with Crippen molar-refractivity contribution in [2.24, 2.45) is 0 Å². The molecule has 0 spiro atoms. The van der Waals surface area contributed by atoms with Gasteiger partial charge in [-0.2, -0.15) is 0 Å². The molecule has 2 rings (SSSR count). The maximum absolute atomic E-state index is 11.1. The van der Waals surface area contributed by atoms with Crippen LogP contribution < -0.4 is 4.74 Å². The minimum Gasteiger partial charge on any atom is -0.470 e. The van der Waals surface area contributed by atoms with Crippen molar-refractivity contribution < 1.29 is 14.3 Å². The van der Waals surface area contributed by atoms with E-state index in [9.17, 15) is 4.79 Å².